The van der Waals surface area contributed by atoms with E-state index in [1.165, 1.54) is 62.9 Å². The fourth-order valence-electron chi connectivity index (χ4n) is 9.23. The van der Waals surface area contributed by atoms with E-state index in [1.54, 1.807) is 0 Å². The van der Waals surface area contributed by atoms with Crippen LogP contribution in [0.25, 0.3) is 0 Å². The van der Waals surface area contributed by atoms with E-state index in [4.69, 9.17) is 4.74 Å². The van der Waals surface area contributed by atoms with Gasteiger partial charge in [-0.1, -0.05) is 63.1 Å². The zero-order valence-corrected chi connectivity index (χ0v) is 25.3. The van der Waals surface area contributed by atoms with Gasteiger partial charge in [-0.2, -0.15) is 0 Å². The molecule has 35 heavy (non-hydrogen) atoms. The first kappa shape index (κ1) is 29.7. The van der Waals surface area contributed by atoms with Crippen molar-refractivity contribution in [3.63, 3.8) is 0 Å². The third-order valence-electron chi connectivity index (χ3n) is 11.2. The molecule has 5 heteroatoms. The number of ether oxygens (including phenoxy) is 1. The van der Waals surface area contributed by atoms with Crippen molar-refractivity contribution in [2.75, 3.05) is 11.5 Å². The largest absolute Gasteiger partial charge is 0.469 e. The monoisotopic (exact) mass is 604 g/mol. The Morgan fingerprint density at radius 2 is 1.37 bits per heavy atom. The molecule has 0 heterocycles. The molecule has 10 atom stereocenters. The highest BCUT2D eigenvalue weighted by molar-refractivity contribution is 14.1. The van der Waals surface area contributed by atoms with Gasteiger partial charge in [-0.3, -0.25) is 4.79 Å². The number of halogens is 1. The fraction of sp³-hybridized carbons (Fsp3) is 0.967. The van der Waals surface area contributed by atoms with Crippen molar-refractivity contribution in [2.45, 2.75) is 123 Å². The van der Waals surface area contributed by atoms with Crippen LogP contribution in [0.3, 0.4) is 0 Å². The third-order valence-corrected chi connectivity index (χ3v) is 12.6. The summed E-state index contributed by atoms with van der Waals surface area (Å²) in [6, 6.07) is 0. The average molecular weight is 605 g/mol. The van der Waals surface area contributed by atoms with Gasteiger partial charge in [0.25, 0.3) is 0 Å². The van der Waals surface area contributed by atoms with Crippen LogP contribution >= 0.6 is 22.6 Å². The normalized spacial score (nSPS) is 42.3. The molecule has 0 spiro atoms. The second-order valence-electron chi connectivity index (χ2n) is 13.1. The van der Waals surface area contributed by atoms with Gasteiger partial charge in [0.1, 0.15) is 0 Å². The molecule has 4 aliphatic rings. The zero-order chi connectivity index (χ0) is 25.8. The molecule has 4 nitrogen and oxygen atoms in total. The van der Waals surface area contributed by atoms with Gasteiger partial charge in [0.2, 0.25) is 0 Å². The van der Waals surface area contributed by atoms with E-state index < -0.39 is 0 Å². The summed E-state index contributed by atoms with van der Waals surface area (Å²) < 4.78 is 5.97. The number of esters is 1. The lowest BCUT2D eigenvalue weighted by molar-refractivity contribution is -0.140. The predicted molar refractivity (Wildman–Crippen MR) is 151 cm³/mol. The maximum absolute atomic E-state index is 11.2. The number of aliphatic hydroxyl groups is 2. The molecule has 4 aliphatic carbocycles. The maximum atomic E-state index is 11.2. The Labute approximate surface area is 228 Å². The van der Waals surface area contributed by atoms with Crippen LogP contribution in [-0.2, 0) is 9.53 Å². The van der Waals surface area contributed by atoms with Gasteiger partial charge >= 0.3 is 5.97 Å². The summed E-state index contributed by atoms with van der Waals surface area (Å²) in [5.41, 5.74) is 0.768. The molecule has 0 aromatic carbocycles. The summed E-state index contributed by atoms with van der Waals surface area (Å²) in [5.74, 6) is 4.03. The summed E-state index contributed by atoms with van der Waals surface area (Å²) >= 11 is 2.52. The summed E-state index contributed by atoms with van der Waals surface area (Å²) in [6.07, 6.45) is 14.6. The molecule has 4 saturated carbocycles. The second-order valence-corrected chi connectivity index (χ2v) is 14.0. The molecule has 0 aliphatic heterocycles. The molecule has 0 amide bonds. The molecule has 2 N–H and O–H groups in total. The molecular weight excluding hydrogens is 551 g/mol. The molecule has 0 aromatic heterocycles. The molecule has 4 rings (SSSR count). The first-order valence-corrected chi connectivity index (χ1v) is 16.1. The van der Waals surface area contributed by atoms with E-state index in [9.17, 15) is 15.0 Å². The van der Waals surface area contributed by atoms with Crippen molar-refractivity contribution in [3.8, 4) is 0 Å². The quantitative estimate of drug-likeness (QED) is 0.184. The van der Waals surface area contributed by atoms with E-state index in [-0.39, 0.29) is 18.2 Å². The van der Waals surface area contributed by atoms with Crippen LogP contribution < -0.4 is 0 Å². The van der Waals surface area contributed by atoms with Crippen LogP contribution in [0.5, 0.6) is 0 Å². The number of carbonyl (C=O) groups excluding carboxylic acids is 1. The van der Waals surface area contributed by atoms with Gasteiger partial charge in [-0.25, -0.2) is 0 Å². The minimum Gasteiger partial charge on any atom is -0.469 e. The molecule has 0 radical (unpaired) electrons. The fourth-order valence-corrected chi connectivity index (χ4v) is 9.84. The SMILES string of the molecule is COC(=O)CCC[C@@H](C)[C@H]1CC[C@H]2[C@@H](O)CCC[C@]12C.C[C@H](CI)[C@H]1CC[C@H]2[C@@H](O)CCC[C@]12C. The third kappa shape index (κ3) is 6.41. The number of hydrogen-bond acceptors (Lipinski definition) is 4. The Bertz CT molecular complexity index is 685. The number of methoxy groups -OCH3 is 1. The number of alkyl halides is 1. The summed E-state index contributed by atoms with van der Waals surface area (Å²) in [4.78, 5) is 11.2. The highest BCUT2D eigenvalue weighted by Gasteiger charge is 2.53. The van der Waals surface area contributed by atoms with Crippen molar-refractivity contribution in [3.05, 3.63) is 0 Å². The number of rotatable bonds is 7. The van der Waals surface area contributed by atoms with E-state index in [2.05, 4.69) is 50.3 Å². The highest BCUT2D eigenvalue weighted by Crippen LogP contribution is 2.59. The molecule has 0 saturated heterocycles. The van der Waals surface area contributed by atoms with Crippen LogP contribution in [0.1, 0.15) is 111 Å². The first-order chi connectivity index (χ1) is 16.6. The van der Waals surface area contributed by atoms with Crippen LogP contribution in [0.4, 0.5) is 0 Å². The topological polar surface area (TPSA) is 66.8 Å². The van der Waals surface area contributed by atoms with E-state index in [0.29, 0.717) is 40.9 Å². The van der Waals surface area contributed by atoms with Gasteiger partial charge in [0.15, 0.2) is 0 Å². The van der Waals surface area contributed by atoms with Gasteiger partial charge < -0.3 is 14.9 Å². The minimum absolute atomic E-state index is 0.00448. The van der Waals surface area contributed by atoms with E-state index in [0.717, 1.165) is 37.5 Å². The number of carbonyl (C=O) groups is 1. The summed E-state index contributed by atoms with van der Waals surface area (Å²) in [6.45, 7) is 9.57. The number of fused-ring (bicyclic) bond motifs is 2. The van der Waals surface area contributed by atoms with Crippen LogP contribution in [0.2, 0.25) is 0 Å². The van der Waals surface area contributed by atoms with Crippen molar-refractivity contribution in [2.24, 2.45) is 46.3 Å². The van der Waals surface area contributed by atoms with Gasteiger partial charge in [0.05, 0.1) is 19.3 Å². The van der Waals surface area contributed by atoms with Crippen molar-refractivity contribution in [1.29, 1.82) is 0 Å². The lowest BCUT2D eigenvalue weighted by atomic mass is 9.61. The molecule has 0 bridgehead atoms. The number of hydrogen-bond donors (Lipinski definition) is 2. The Balaban J connectivity index is 0.000000203. The summed E-state index contributed by atoms with van der Waals surface area (Å²) in [5, 5.41) is 20.4. The van der Waals surface area contributed by atoms with E-state index >= 15 is 0 Å². The molecule has 204 valence electrons. The predicted octanol–water partition coefficient (Wildman–Crippen LogP) is 7.18. The molecule has 4 fully saturated rings. The van der Waals surface area contributed by atoms with Crippen molar-refractivity contribution in [1.82, 2.24) is 0 Å². The van der Waals surface area contributed by atoms with Crippen molar-refractivity contribution < 1.29 is 19.7 Å². The Hall–Kier alpha value is 0.120. The Morgan fingerprint density at radius 1 is 0.886 bits per heavy atom. The van der Waals surface area contributed by atoms with Crippen LogP contribution in [0.15, 0.2) is 0 Å². The Morgan fingerprint density at radius 3 is 1.83 bits per heavy atom. The summed E-state index contributed by atoms with van der Waals surface area (Å²) in [7, 11) is 1.46. The standard InChI is InChI=1S/C17H30O3.C13H23IO/c1-12(6-4-8-16(19)20-3)13-9-10-14-15(18)7-5-11-17(13,14)2;1-9(8-14)10-5-6-11-12(15)4-3-7-13(10,11)2/h12-15,18H,4-11H2,1-3H3;9-12,15H,3-8H2,1-2H3/t12-,13-,14+,15+,17-;9-,10-,11+,12+,13-/m11/s1. The minimum atomic E-state index is -0.0965. The average Bonchev–Trinajstić information content (AvgIpc) is 3.37. The van der Waals surface area contributed by atoms with Gasteiger partial charge in [-0.15, -0.1) is 0 Å². The lowest BCUT2D eigenvalue weighted by Crippen LogP contribution is -2.41. The van der Waals surface area contributed by atoms with Gasteiger partial charge in [0, 0.05) is 10.8 Å². The van der Waals surface area contributed by atoms with Crippen molar-refractivity contribution >= 4 is 28.6 Å². The second kappa shape index (κ2) is 12.8. The molecule has 0 unspecified atom stereocenters. The smallest absolute Gasteiger partial charge is 0.305 e. The maximum Gasteiger partial charge on any atom is 0.305 e. The van der Waals surface area contributed by atoms with Crippen LogP contribution in [-0.4, -0.2) is 39.9 Å². The first-order valence-electron chi connectivity index (χ1n) is 14.6. The molecular formula is C30H53IO4. The molecule has 0 aromatic rings. The van der Waals surface area contributed by atoms with Crippen LogP contribution in [0, 0.1) is 46.3 Å². The highest BCUT2D eigenvalue weighted by atomic mass is 127. The Kier molecular flexibility index (Phi) is 10.8. The lowest BCUT2D eigenvalue weighted by Gasteiger charge is -2.45. The van der Waals surface area contributed by atoms with Gasteiger partial charge in [-0.05, 0) is 111 Å². The van der Waals surface area contributed by atoms with E-state index in [1.807, 2.05) is 0 Å². The number of aliphatic hydroxyl groups excluding tert-OH is 2. The zero-order valence-electron chi connectivity index (χ0n) is 23.1.